The minimum atomic E-state index is -0.306. The molecule has 0 aromatic heterocycles. The van der Waals surface area contributed by atoms with E-state index in [1.165, 1.54) is 0 Å². The van der Waals surface area contributed by atoms with Crippen LogP contribution in [0.2, 0.25) is 0 Å². The lowest BCUT2D eigenvalue weighted by molar-refractivity contribution is 0.0682. The summed E-state index contributed by atoms with van der Waals surface area (Å²) < 4.78 is 0. The molecule has 0 fully saturated rings. The quantitative estimate of drug-likeness (QED) is 0.593. The van der Waals surface area contributed by atoms with Crippen LogP contribution in [-0.2, 0) is 4.84 Å². The van der Waals surface area contributed by atoms with Crippen LogP contribution in [0.15, 0.2) is 0 Å². The number of hydrogen-bond acceptors (Lipinski definition) is 2. The lowest BCUT2D eigenvalue weighted by Gasteiger charge is -2.20. The summed E-state index contributed by atoms with van der Waals surface area (Å²) in [6.45, 7) is 7.98. The van der Waals surface area contributed by atoms with Crippen LogP contribution in [0.4, 0.5) is 4.79 Å². The standard InChI is InChI=1S/C7H16N2O2/c1-5-11-9-6(10)8-7(2,3)4/h5H2,1-4H3,(H2,8,9,10). The zero-order valence-electron chi connectivity index (χ0n) is 7.52. The summed E-state index contributed by atoms with van der Waals surface area (Å²) in [4.78, 5) is 15.5. The molecule has 11 heavy (non-hydrogen) atoms. The van der Waals surface area contributed by atoms with E-state index in [1.54, 1.807) is 6.92 Å². The summed E-state index contributed by atoms with van der Waals surface area (Å²) in [7, 11) is 0. The molecule has 2 amide bonds. The minimum Gasteiger partial charge on any atom is -0.332 e. The molecular weight excluding hydrogens is 144 g/mol. The number of carbonyl (C=O) groups excluding carboxylic acids is 1. The Morgan fingerprint density at radius 2 is 2.00 bits per heavy atom. The van der Waals surface area contributed by atoms with Gasteiger partial charge in [-0.05, 0) is 27.7 Å². The highest BCUT2D eigenvalue weighted by atomic mass is 16.7. The van der Waals surface area contributed by atoms with Crippen LogP contribution in [0.3, 0.4) is 0 Å². The van der Waals surface area contributed by atoms with Crippen molar-refractivity contribution in [3.63, 3.8) is 0 Å². The van der Waals surface area contributed by atoms with Gasteiger partial charge in [0.15, 0.2) is 0 Å². The van der Waals surface area contributed by atoms with Gasteiger partial charge in [-0.3, -0.25) is 4.84 Å². The summed E-state index contributed by atoms with van der Waals surface area (Å²) >= 11 is 0. The SMILES string of the molecule is CCONC(=O)NC(C)(C)C. The van der Waals surface area contributed by atoms with Crippen LogP contribution < -0.4 is 10.8 Å². The Bertz CT molecular complexity index is 129. The third kappa shape index (κ3) is 7.12. The molecule has 0 aromatic carbocycles. The number of rotatable bonds is 2. The molecule has 0 unspecified atom stereocenters. The number of hydroxylamine groups is 1. The molecular formula is C7H16N2O2. The van der Waals surface area contributed by atoms with Crippen molar-refractivity contribution in [3.05, 3.63) is 0 Å². The third-order valence-electron chi connectivity index (χ3n) is 0.798. The highest BCUT2D eigenvalue weighted by Crippen LogP contribution is 1.96. The van der Waals surface area contributed by atoms with Crippen molar-refractivity contribution in [3.8, 4) is 0 Å². The molecule has 0 aromatic rings. The largest absolute Gasteiger partial charge is 0.339 e. The van der Waals surface area contributed by atoms with E-state index in [-0.39, 0.29) is 11.6 Å². The molecule has 0 spiro atoms. The smallest absolute Gasteiger partial charge is 0.332 e. The van der Waals surface area contributed by atoms with Gasteiger partial charge in [0, 0.05) is 5.54 Å². The summed E-state index contributed by atoms with van der Waals surface area (Å²) in [5.41, 5.74) is 2.02. The summed E-state index contributed by atoms with van der Waals surface area (Å²) in [6, 6.07) is -0.306. The zero-order chi connectivity index (χ0) is 8.91. The van der Waals surface area contributed by atoms with Crippen molar-refractivity contribution in [2.75, 3.05) is 6.61 Å². The Morgan fingerprint density at radius 3 is 2.36 bits per heavy atom. The Hall–Kier alpha value is -0.770. The van der Waals surface area contributed by atoms with Gasteiger partial charge in [-0.25, -0.2) is 10.3 Å². The van der Waals surface area contributed by atoms with Gasteiger partial charge in [-0.1, -0.05) is 0 Å². The van der Waals surface area contributed by atoms with Crippen molar-refractivity contribution in [2.45, 2.75) is 33.2 Å². The Balaban J connectivity index is 3.53. The van der Waals surface area contributed by atoms with Crippen LogP contribution in [-0.4, -0.2) is 18.2 Å². The van der Waals surface area contributed by atoms with Gasteiger partial charge >= 0.3 is 6.03 Å². The molecule has 0 aliphatic carbocycles. The Morgan fingerprint density at radius 1 is 1.45 bits per heavy atom. The zero-order valence-corrected chi connectivity index (χ0v) is 7.52. The molecule has 0 radical (unpaired) electrons. The second kappa shape index (κ2) is 4.18. The van der Waals surface area contributed by atoms with Crippen LogP contribution in [0.1, 0.15) is 27.7 Å². The van der Waals surface area contributed by atoms with Crippen molar-refractivity contribution in [1.29, 1.82) is 0 Å². The van der Waals surface area contributed by atoms with Crippen LogP contribution >= 0.6 is 0 Å². The van der Waals surface area contributed by atoms with Crippen molar-refractivity contribution >= 4 is 6.03 Å². The highest BCUT2D eigenvalue weighted by molar-refractivity contribution is 5.73. The fourth-order valence-electron chi connectivity index (χ4n) is 0.504. The topological polar surface area (TPSA) is 50.4 Å². The molecule has 2 N–H and O–H groups in total. The van der Waals surface area contributed by atoms with Crippen LogP contribution in [0.25, 0.3) is 0 Å². The molecule has 0 bridgehead atoms. The lowest BCUT2D eigenvalue weighted by Crippen LogP contribution is -2.46. The maximum absolute atomic E-state index is 10.9. The molecule has 0 atom stereocenters. The van der Waals surface area contributed by atoms with Crippen molar-refractivity contribution < 1.29 is 9.63 Å². The molecule has 0 saturated carbocycles. The van der Waals surface area contributed by atoms with E-state index in [2.05, 4.69) is 15.6 Å². The second-order valence-corrected chi connectivity index (χ2v) is 3.24. The van der Waals surface area contributed by atoms with E-state index < -0.39 is 0 Å². The highest BCUT2D eigenvalue weighted by Gasteiger charge is 2.12. The fraction of sp³-hybridized carbons (Fsp3) is 0.857. The first-order valence-electron chi connectivity index (χ1n) is 3.65. The van der Waals surface area contributed by atoms with Crippen molar-refractivity contribution in [1.82, 2.24) is 10.8 Å². The van der Waals surface area contributed by atoms with Crippen LogP contribution in [0, 0.1) is 0 Å². The van der Waals surface area contributed by atoms with E-state index >= 15 is 0 Å². The van der Waals surface area contributed by atoms with Gasteiger partial charge in [0.2, 0.25) is 0 Å². The summed E-state index contributed by atoms with van der Waals surface area (Å²) in [5, 5.41) is 2.68. The van der Waals surface area contributed by atoms with E-state index in [9.17, 15) is 4.79 Å². The molecule has 0 saturated heterocycles. The number of urea groups is 1. The normalized spacial score (nSPS) is 10.9. The molecule has 0 aliphatic rings. The monoisotopic (exact) mass is 160 g/mol. The van der Waals surface area contributed by atoms with Gasteiger partial charge in [-0.15, -0.1) is 0 Å². The third-order valence-corrected chi connectivity index (χ3v) is 0.798. The van der Waals surface area contributed by atoms with Gasteiger partial charge in [-0.2, -0.15) is 0 Å². The van der Waals surface area contributed by atoms with E-state index in [0.29, 0.717) is 6.61 Å². The Kier molecular flexibility index (Phi) is 3.89. The molecule has 0 heterocycles. The van der Waals surface area contributed by atoms with Gasteiger partial charge in [0.1, 0.15) is 0 Å². The van der Waals surface area contributed by atoms with E-state index in [4.69, 9.17) is 0 Å². The first-order valence-corrected chi connectivity index (χ1v) is 3.65. The summed E-state index contributed by atoms with van der Waals surface area (Å²) in [5.74, 6) is 0. The summed E-state index contributed by atoms with van der Waals surface area (Å²) in [6.07, 6.45) is 0. The average Bonchev–Trinajstić information content (AvgIpc) is 1.79. The fourth-order valence-corrected chi connectivity index (χ4v) is 0.504. The molecule has 66 valence electrons. The number of amides is 2. The molecule has 0 aliphatic heterocycles. The number of carbonyl (C=O) groups is 1. The van der Waals surface area contributed by atoms with Crippen molar-refractivity contribution in [2.24, 2.45) is 0 Å². The predicted molar refractivity (Wildman–Crippen MR) is 43.0 cm³/mol. The van der Waals surface area contributed by atoms with Crippen LogP contribution in [0.5, 0.6) is 0 Å². The number of nitrogens with one attached hydrogen (secondary N) is 2. The van der Waals surface area contributed by atoms with E-state index in [0.717, 1.165) is 0 Å². The number of hydrogen-bond donors (Lipinski definition) is 2. The minimum absolute atomic E-state index is 0.221. The predicted octanol–water partition coefficient (Wildman–Crippen LogP) is 1.04. The molecule has 0 rings (SSSR count). The van der Waals surface area contributed by atoms with Gasteiger partial charge in [0.25, 0.3) is 0 Å². The maximum Gasteiger partial charge on any atom is 0.339 e. The van der Waals surface area contributed by atoms with Gasteiger partial charge in [0.05, 0.1) is 6.61 Å². The maximum atomic E-state index is 10.9. The Labute approximate surface area is 67.3 Å². The lowest BCUT2D eigenvalue weighted by atomic mass is 10.1. The molecule has 4 heteroatoms. The average molecular weight is 160 g/mol. The molecule has 4 nitrogen and oxygen atoms in total. The second-order valence-electron chi connectivity index (χ2n) is 3.24. The first-order chi connectivity index (χ1) is 4.95. The first kappa shape index (κ1) is 10.2. The van der Waals surface area contributed by atoms with Gasteiger partial charge < -0.3 is 5.32 Å². The van der Waals surface area contributed by atoms with E-state index in [1.807, 2.05) is 20.8 Å².